The second-order valence-electron chi connectivity index (χ2n) is 4.07. The van der Waals surface area contributed by atoms with Crippen LogP contribution >= 0.6 is 39.3 Å². The lowest BCUT2D eigenvalue weighted by Gasteiger charge is -2.08. The van der Waals surface area contributed by atoms with Gasteiger partial charge in [0.05, 0.1) is 0 Å². The Morgan fingerprint density at radius 2 is 2.00 bits per heavy atom. The minimum atomic E-state index is 0.798. The van der Waals surface area contributed by atoms with E-state index in [2.05, 4.69) is 28.1 Å². The summed E-state index contributed by atoms with van der Waals surface area (Å²) in [6.45, 7) is 2.04. The number of thioether (sulfide) groups is 1. The Balaban J connectivity index is 2.13. The van der Waals surface area contributed by atoms with Gasteiger partial charge in [0.1, 0.15) is 0 Å². The predicted octanol–water partition coefficient (Wildman–Crippen LogP) is 5.29. The highest BCUT2D eigenvalue weighted by atomic mass is 79.9. The van der Waals surface area contributed by atoms with Crippen molar-refractivity contribution in [2.45, 2.75) is 17.6 Å². The molecule has 0 aliphatic rings. The minimum Gasteiger partial charge on any atom is -0.398 e. The molecule has 0 radical (unpaired) electrons. The van der Waals surface area contributed by atoms with Crippen molar-refractivity contribution in [3.05, 3.63) is 57.0 Å². The molecule has 0 saturated heterocycles. The van der Waals surface area contributed by atoms with E-state index in [0.717, 1.165) is 31.4 Å². The Hall–Kier alpha value is -0.640. The van der Waals surface area contributed by atoms with Crippen LogP contribution in [0.1, 0.15) is 11.1 Å². The maximum absolute atomic E-state index is 6.21. The molecule has 0 aliphatic heterocycles. The van der Waals surface area contributed by atoms with Crippen LogP contribution < -0.4 is 5.73 Å². The van der Waals surface area contributed by atoms with E-state index in [1.165, 1.54) is 5.56 Å². The van der Waals surface area contributed by atoms with Gasteiger partial charge in [0, 0.05) is 25.8 Å². The highest BCUT2D eigenvalue weighted by molar-refractivity contribution is 9.10. The molecule has 2 N–H and O–H groups in total. The van der Waals surface area contributed by atoms with Crippen molar-refractivity contribution in [3.8, 4) is 0 Å². The molecule has 0 fully saturated rings. The summed E-state index contributed by atoms with van der Waals surface area (Å²) >= 11 is 11.4. The zero-order chi connectivity index (χ0) is 13.1. The number of benzene rings is 2. The van der Waals surface area contributed by atoms with Crippen molar-refractivity contribution in [2.75, 3.05) is 5.73 Å². The van der Waals surface area contributed by atoms with E-state index in [1.54, 1.807) is 11.8 Å². The summed E-state index contributed by atoms with van der Waals surface area (Å²) in [5.41, 5.74) is 9.05. The number of aryl methyl sites for hydroxylation is 1. The molecule has 94 valence electrons. The Kier molecular flexibility index (Phi) is 4.60. The molecule has 0 aromatic heterocycles. The van der Waals surface area contributed by atoms with Gasteiger partial charge in [-0.1, -0.05) is 39.7 Å². The van der Waals surface area contributed by atoms with Crippen LogP contribution in [0.5, 0.6) is 0 Å². The van der Waals surface area contributed by atoms with Crippen molar-refractivity contribution in [1.29, 1.82) is 0 Å². The van der Waals surface area contributed by atoms with Gasteiger partial charge >= 0.3 is 0 Å². The summed E-state index contributed by atoms with van der Waals surface area (Å²) in [6, 6.07) is 12.0. The van der Waals surface area contributed by atoms with E-state index in [1.807, 2.05) is 31.2 Å². The monoisotopic (exact) mass is 341 g/mol. The van der Waals surface area contributed by atoms with Gasteiger partial charge in [-0.2, -0.15) is 0 Å². The van der Waals surface area contributed by atoms with Gasteiger partial charge in [0.15, 0.2) is 0 Å². The third kappa shape index (κ3) is 3.44. The Morgan fingerprint density at radius 1 is 1.22 bits per heavy atom. The SMILES string of the molecule is Cc1ccc(CSc2cc(Br)ccc2N)c(Cl)c1. The van der Waals surface area contributed by atoms with Gasteiger partial charge in [-0.05, 0) is 42.3 Å². The lowest BCUT2D eigenvalue weighted by Crippen LogP contribution is -1.89. The van der Waals surface area contributed by atoms with Crippen LogP contribution in [0, 0.1) is 6.92 Å². The molecule has 0 spiro atoms. The standard InChI is InChI=1S/C14H13BrClNS/c1-9-2-3-10(12(16)6-9)8-18-14-7-11(15)4-5-13(14)17/h2-7H,8,17H2,1H3. The number of nitrogen functional groups attached to an aromatic ring is 1. The first-order valence-electron chi connectivity index (χ1n) is 5.49. The Labute approximate surface area is 125 Å². The van der Waals surface area contributed by atoms with Gasteiger partial charge in [0.25, 0.3) is 0 Å². The summed E-state index contributed by atoms with van der Waals surface area (Å²) in [5, 5.41) is 0.816. The van der Waals surface area contributed by atoms with Crippen molar-refractivity contribution >= 4 is 45.0 Å². The molecule has 2 aromatic rings. The van der Waals surface area contributed by atoms with Gasteiger partial charge < -0.3 is 5.73 Å². The molecule has 0 bridgehead atoms. The number of hydrogen-bond acceptors (Lipinski definition) is 2. The molecule has 0 aliphatic carbocycles. The molecule has 0 saturated carbocycles. The smallest absolute Gasteiger partial charge is 0.0453 e. The minimum absolute atomic E-state index is 0.798. The second-order valence-corrected chi connectivity index (χ2v) is 6.41. The quantitative estimate of drug-likeness (QED) is 0.606. The average Bonchev–Trinajstić information content (AvgIpc) is 2.32. The van der Waals surface area contributed by atoms with E-state index >= 15 is 0 Å². The topological polar surface area (TPSA) is 26.0 Å². The fourth-order valence-corrected chi connectivity index (χ4v) is 3.46. The van der Waals surface area contributed by atoms with E-state index in [-0.39, 0.29) is 0 Å². The highest BCUT2D eigenvalue weighted by Gasteiger charge is 2.05. The molecule has 1 nitrogen and oxygen atoms in total. The van der Waals surface area contributed by atoms with Crippen molar-refractivity contribution in [2.24, 2.45) is 0 Å². The van der Waals surface area contributed by atoms with Crippen molar-refractivity contribution in [3.63, 3.8) is 0 Å². The lowest BCUT2D eigenvalue weighted by atomic mass is 10.2. The molecule has 0 amide bonds. The summed E-state index contributed by atoms with van der Waals surface area (Å²) < 4.78 is 1.04. The fourth-order valence-electron chi connectivity index (χ4n) is 1.56. The zero-order valence-electron chi connectivity index (χ0n) is 9.91. The molecule has 18 heavy (non-hydrogen) atoms. The fraction of sp³-hybridized carbons (Fsp3) is 0.143. The largest absolute Gasteiger partial charge is 0.398 e. The molecule has 0 atom stereocenters. The van der Waals surface area contributed by atoms with Crippen LogP contribution in [0.4, 0.5) is 5.69 Å². The number of hydrogen-bond donors (Lipinski definition) is 1. The molecule has 0 unspecified atom stereocenters. The van der Waals surface area contributed by atoms with Gasteiger partial charge in [0.2, 0.25) is 0 Å². The zero-order valence-corrected chi connectivity index (χ0v) is 13.1. The average molecular weight is 343 g/mol. The first-order chi connectivity index (χ1) is 8.56. The van der Waals surface area contributed by atoms with Crippen molar-refractivity contribution in [1.82, 2.24) is 0 Å². The Morgan fingerprint density at radius 3 is 2.72 bits per heavy atom. The number of halogens is 2. The molecular formula is C14H13BrClNS. The van der Waals surface area contributed by atoms with Gasteiger partial charge in [-0.25, -0.2) is 0 Å². The third-order valence-electron chi connectivity index (χ3n) is 2.57. The first-order valence-corrected chi connectivity index (χ1v) is 7.65. The normalized spacial score (nSPS) is 10.6. The summed E-state index contributed by atoms with van der Waals surface area (Å²) in [5.74, 6) is 0.819. The summed E-state index contributed by atoms with van der Waals surface area (Å²) in [7, 11) is 0. The van der Waals surface area contributed by atoms with Crippen molar-refractivity contribution < 1.29 is 0 Å². The maximum atomic E-state index is 6.21. The summed E-state index contributed by atoms with van der Waals surface area (Å²) in [6.07, 6.45) is 0. The predicted molar refractivity (Wildman–Crippen MR) is 84.3 cm³/mol. The van der Waals surface area contributed by atoms with Crippen LogP contribution in [-0.4, -0.2) is 0 Å². The van der Waals surface area contributed by atoms with E-state index in [0.29, 0.717) is 0 Å². The second kappa shape index (κ2) is 6.00. The first kappa shape index (κ1) is 13.8. The van der Waals surface area contributed by atoms with Crippen LogP contribution in [0.2, 0.25) is 5.02 Å². The van der Waals surface area contributed by atoms with Crippen LogP contribution in [-0.2, 0) is 5.75 Å². The third-order valence-corrected chi connectivity index (χ3v) is 4.53. The van der Waals surface area contributed by atoms with Crippen LogP contribution in [0.15, 0.2) is 45.8 Å². The lowest BCUT2D eigenvalue weighted by molar-refractivity contribution is 1.35. The Bertz CT molecular complexity index is 572. The molecule has 2 aromatic carbocycles. The molecule has 2 rings (SSSR count). The van der Waals surface area contributed by atoms with Crippen LogP contribution in [0.3, 0.4) is 0 Å². The van der Waals surface area contributed by atoms with E-state index in [4.69, 9.17) is 17.3 Å². The number of rotatable bonds is 3. The van der Waals surface area contributed by atoms with E-state index < -0.39 is 0 Å². The number of anilines is 1. The van der Waals surface area contributed by atoms with E-state index in [9.17, 15) is 0 Å². The van der Waals surface area contributed by atoms with Gasteiger partial charge in [-0.3, -0.25) is 0 Å². The van der Waals surface area contributed by atoms with Crippen LogP contribution in [0.25, 0.3) is 0 Å². The molecule has 0 heterocycles. The highest BCUT2D eigenvalue weighted by Crippen LogP contribution is 2.32. The maximum Gasteiger partial charge on any atom is 0.0453 e. The molecular weight excluding hydrogens is 330 g/mol. The summed E-state index contributed by atoms with van der Waals surface area (Å²) in [4.78, 5) is 1.07. The van der Waals surface area contributed by atoms with Gasteiger partial charge in [-0.15, -0.1) is 11.8 Å². The molecule has 4 heteroatoms. The number of nitrogens with two attached hydrogens (primary N) is 1.